The summed E-state index contributed by atoms with van der Waals surface area (Å²) >= 11 is 1.61. The molecular weight excluding hydrogens is 414 g/mol. The smallest absolute Gasteiger partial charge is 0.271 e. The minimum Gasteiger partial charge on any atom is -0.324 e. The van der Waals surface area contributed by atoms with Gasteiger partial charge in [0.2, 0.25) is 11.8 Å². The van der Waals surface area contributed by atoms with Gasteiger partial charge in [0.15, 0.2) is 0 Å². The van der Waals surface area contributed by atoms with E-state index in [1.165, 1.54) is 23.1 Å². The van der Waals surface area contributed by atoms with Gasteiger partial charge in [-0.2, -0.15) is 0 Å². The molecule has 2 amide bonds. The second-order valence-electron chi connectivity index (χ2n) is 7.02. The van der Waals surface area contributed by atoms with Crippen LogP contribution >= 0.6 is 11.8 Å². The van der Waals surface area contributed by atoms with Crippen LogP contribution in [0, 0.1) is 10.1 Å². The van der Waals surface area contributed by atoms with Gasteiger partial charge in [0.1, 0.15) is 6.54 Å². The predicted molar refractivity (Wildman–Crippen MR) is 120 cm³/mol. The molecule has 0 radical (unpaired) electrons. The summed E-state index contributed by atoms with van der Waals surface area (Å²) in [6.45, 7) is -0.180. The molecule has 4 rings (SSSR count). The summed E-state index contributed by atoms with van der Waals surface area (Å²) in [5.41, 5.74) is 1.94. The van der Waals surface area contributed by atoms with Gasteiger partial charge in [-0.3, -0.25) is 19.7 Å². The zero-order valence-electron chi connectivity index (χ0n) is 16.4. The van der Waals surface area contributed by atoms with Gasteiger partial charge in [0.05, 0.1) is 10.6 Å². The van der Waals surface area contributed by atoms with Gasteiger partial charge < -0.3 is 10.2 Å². The molecule has 3 aromatic rings. The first-order chi connectivity index (χ1) is 15.0. The highest BCUT2D eigenvalue weighted by atomic mass is 32.2. The Morgan fingerprint density at radius 1 is 1.06 bits per heavy atom. The molecule has 0 bridgehead atoms. The van der Waals surface area contributed by atoms with Crippen LogP contribution in [0.3, 0.4) is 0 Å². The lowest BCUT2D eigenvalue weighted by molar-refractivity contribution is -0.384. The number of nitrogens with one attached hydrogen (secondary N) is 1. The number of thioether (sulfide) groups is 1. The maximum atomic E-state index is 13.1. The fourth-order valence-corrected chi connectivity index (χ4v) is 4.73. The van der Waals surface area contributed by atoms with E-state index >= 15 is 0 Å². The SMILES string of the molecule is O=C(CN1C(=O)C[C@H](c2ccccc2)Sc2ccccc21)Nc1cccc([N+](=O)[O-])c1. The molecule has 8 heteroatoms. The molecule has 0 saturated carbocycles. The summed E-state index contributed by atoms with van der Waals surface area (Å²) < 4.78 is 0. The number of non-ortho nitro benzene ring substituents is 1. The van der Waals surface area contributed by atoms with Gasteiger partial charge in [-0.1, -0.05) is 48.5 Å². The molecule has 1 heterocycles. The summed E-state index contributed by atoms with van der Waals surface area (Å²) in [5.74, 6) is -0.577. The summed E-state index contributed by atoms with van der Waals surface area (Å²) in [6.07, 6.45) is 0.257. The molecule has 31 heavy (non-hydrogen) atoms. The van der Waals surface area contributed by atoms with Crippen molar-refractivity contribution < 1.29 is 14.5 Å². The van der Waals surface area contributed by atoms with E-state index in [1.54, 1.807) is 17.8 Å². The fourth-order valence-electron chi connectivity index (χ4n) is 3.45. The van der Waals surface area contributed by atoms with E-state index in [-0.39, 0.29) is 29.8 Å². The van der Waals surface area contributed by atoms with E-state index in [4.69, 9.17) is 0 Å². The van der Waals surface area contributed by atoms with Crippen LogP contribution in [0.15, 0.2) is 83.8 Å². The highest BCUT2D eigenvalue weighted by Gasteiger charge is 2.30. The Morgan fingerprint density at radius 2 is 1.81 bits per heavy atom. The Hall–Kier alpha value is -3.65. The number of nitro groups is 1. The number of para-hydroxylation sites is 1. The number of fused-ring (bicyclic) bond motifs is 1. The van der Waals surface area contributed by atoms with E-state index in [9.17, 15) is 19.7 Å². The Morgan fingerprint density at radius 3 is 2.58 bits per heavy atom. The average molecular weight is 433 g/mol. The first kappa shape index (κ1) is 20.6. The van der Waals surface area contributed by atoms with Gasteiger partial charge in [0.25, 0.3) is 5.69 Å². The molecule has 0 unspecified atom stereocenters. The normalized spacial score (nSPS) is 15.7. The van der Waals surface area contributed by atoms with E-state index in [1.807, 2.05) is 54.6 Å². The maximum absolute atomic E-state index is 13.1. The summed E-state index contributed by atoms with van der Waals surface area (Å²) in [6, 6.07) is 23.1. The van der Waals surface area contributed by atoms with E-state index in [0.717, 1.165) is 10.5 Å². The highest BCUT2D eigenvalue weighted by Crippen LogP contribution is 2.45. The molecule has 0 saturated heterocycles. The molecular formula is C23H19N3O4S. The van der Waals surface area contributed by atoms with Crippen molar-refractivity contribution in [3.05, 3.63) is 94.5 Å². The zero-order valence-corrected chi connectivity index (χ0v) is 17.2. The molecule has 156 valence electrons. The fraction of sp³-hybridized carbons (Fsp3) is 0.130. The Labute approximate surface area is 183 Å². The number of anilines is 2. The van der Waals surface area contributed by atoms with Crippen molar-refractivity contribution in [2.45, 2.75) is 16.6 Å². The van der Waals surface area contributed by atoms with Gasteiger partial charge in [-0.05, 0) is 23.8 Å². The molecule has 1 atom stereocenters. The van der Waals surface area contributed by atoms with Gasteiger partial charge >= 0.3 is 0 Å². The predicted octanol–water partition coefficient (Wildman–Crippen LogP) is 4.80. The number of carbonyl (C=O) groups excluding carboxylic acids is 2. The number of rotatable bonds is 5. The largest absolute Gasteiger partial charge is 0.324 e. The van der Waals surface area contributed by atoms with Gasteiger partial charge in [-0.15, -0.1) is 11.8 Å². The lowest BCUT2D eigenvalue weighted by Crippen LogP contribution is -2.38. The highest BCUT2D eigenvalue weighted by molar-refractivity contribution is 7.99. The van der Waals surface area contributed by atoms with Crippen molar-refractivity contribution in [2.75, 3.05) is 16.8 Å². The van der Waals surface area contributed by atoms with Crippen LogP contribution in [0.4, 0.5) is 17.1 Å². The molecule has 0 aliphatic carbocycles. The second-order valence-corrected chi connectivity index (χ2v) is 8.27. The molecule has 1 aliphatic heterocycles. The molecule has 1 N–H and O–H groups in total. The quantitative estimate of drug-likeness (QED) is 0.461. The van der Waals surface area contributed by atoms with Crippen LogP contribution < -0.4 is 10.2 Å². The van der Waals surface area contributed by atoms with Crippen LogP contribution in [-0.2, 0) is 9.59 Å². The molecule has 7 nitrogen and oxygen atoms in total. The molecule has 0 fully saturated rings. The Balaban J connectivity index is 1.56. The number of nitro benzene ring substituents is 1. The van der Waals surface area contributed by atoms with E-state index in [0.29, 0.717) is 11.4 Å². The number of carbonyl (C=O) groups is 2. The summed E-state index contributed by atoms with van der Waals surface area (Å²) in [7, 11) is 0. The number of amides is 2. The van der Waals surface area contributed by atoms with Crippen molar-refractivity contribution in [3.63, 3.8) is 0 Å². The summed E-state index contributed by atoms with van der Waals surface area (Å²) in [4.78, 5) is 38.7. The van der Waals surface area contributed by atoms with Crippen LogP contribution in [0.5, 0.6) is 0 Å². The topological polar surface area (TPSA) is 92.6 Å². The van der Waals surface area contributed by atoms with Crippen molar-refractivity contribution >= 4 is 40.6 Å². The lowest BCUT2D eigenvalue weighted by Gasteiger charge is -2.22. The summed E-state index contributed by atoms with van der Waals surface area (Å²) in [5, 5.41) is 13.6. The number of hydrogen-bond donors (Lipinski definition) is 1. The van der Waals surface area contributed by atoms with Crippen molar-refractivity contribution in [1.29, 1.82) is 0 Å². The third kappa shape index (κ3) is 4.75. The van der Waals surface area contributed by atoms with Crippen molar-refractivity contribution in [3.8, 4) is 0 Å². The monoisotopic (exact) mass is 433 g/mol. The van der Waals surface area contributed by atoms with Crippen molar-refractivity contribution in [1.82, 2.24) is 0 Å². The van der Waals surface area contributed by atoms with Crippen molar-refractivity contribution in [2.24, 2.45) is 0 Å². The minimum atomic E-state index is -0.523. The maximum Gasteiger partial charge on any atom is 0.271 e. The second kappa shape index (κ2) is 9.01. The first-order valence-electron chi connectivity index (χ1n) is 9.66. The first-order valence-corrected chi connectivity index (χ1v) is 10.5. The average Bonchev–Trinajstić information content (AvgIpc) is 2.91. The van der Waals surface area contributed by atoms with Crippen LogP contribution in [0.25, 0.3) is 0 Å². The third-order valence-corrected chi connectivity index (χ3v) is 6.22. The number of hydrogen-bond acceptors (Lipinski definition) is 5. The number of nitrogens with zero attached hydrogens (tertiary/aromatic N) is 2. The standard InChI is InChI=1S/C23H19N3O4S/c27-22(24-17-9-6-10-18(13-17)26(29)30)15-25-19-11-4-5-12-20(19)31-21(14-23(25)28)16-7-2-1-3-8-16/h1-13,21H,14-15H2,(H,24,27)/t21-/m1/s1. The van der Waals surface area contributed by atoms with E-state index < -0.39 is 10.8 Å². The van der Waals surface area contributed by atoms with Crippen LogP contribution in [0.1, 0.15) is 17.2 Å². The lowest BCUT2D eigenvalue weighted by atomic mass is 10.1. The van der Waals surface area contributed by atoms with Crippen LogP contribution in [0.2, 0.25) is 0 Å². The van der Waals surface area contributed by atoms with Crippen LogP contribution in [-0.4, -0.2) is 23.3 Å². The third-order valence-electron chi connectivity index (χ3n) is 4.90. The van der Waals surface area contributed by atoms with Gasteiger partial charge in [-0.25, -0.2) is 0 Å². The molecule has 0 aromatic heterocycles. The molecule has 1 aliphatic rings. The molecule has 3 aromatic carbocycles. The Bertz CT molecular complexity index is 1140. The number of benzene rings is 3. The molecule has 0 spiro atoms. The van der Waals surface area contributed by atoms with Gasteiger partial charge in [0, 0.05) is 34.4 Å². The minimum absolute atomic E-state index is 0.0558. The van der Waals surface area contributed by atoms with E-state index in [2.05, 4.69) is 5.32 Å². The Kier molecular flexibility index (Phi) is 5.99. The zero-order chi connectivity index (χ0) is 21.8.